The largest absolute Gasteiger partial charge is 0.386 e. The van der Waals surface area contributed by atoms with Crippen molar-refractivity contribution in [1.29, 1.82) is 0 Å². The second-order valence-electron chi connectivity index (χ2n) is 2.53. The van der Waals surface area contributed by atoms with Crippen molar-refractivity contribution in [3.05, 3.63) is 38.1 Å². The average Bonchev–Trinajstić information content (AvgIpc) is 2.22. The van der Waals surface area contributed by atoms with E-state index >= 15 is 0 Å². The zero-order chi connectivity index (χ0) is 11.4. The van der Waals surface area contributed by atoms with Crippen LogP contribution < -0.4 is 11.2 Å². The van der Waals surface area contributed by atoms with Crippen molar-refractivity contribution >= 4 is 23.6 Å². The second-order valence-corrected chi connectivity index (χ2v) is 2.79. The second kappa shape index (κ2) is 4.72. The fourth-order valence-corrected chi connectivity index (χ4v) is 1.11. The van der Waals surface area contributed by atoms with Crippen LogP contribution in [0.2, 0.25) is 0 Å². The van der Waals surface area contributed by atoms with Crippen LogP contribution in [0.15, 0.2) is 21.3 Å². The molecule has 0 radical (unpaired) electrons. The maximum atomic E-state index is 11.5. The predicted octanol–water partition coefficient (Wildman–Crippen LogP) is -0.621. The molecule has 0 aliphatic rings. The molecule has 0 saturated heterocycles. The van der Waals surface area contributed by atoms with Crippen molar-refractivity contribution in [3.63, 3.8) is 0 Å². The van der Waals surface area contributed by atoms with E-state index in [1.54, 1.807) is 0 Å². The summed E-state index contributed by atoms with van der Waals surface area (Å²) in [7, 11) is 0. The summed E-state index contributed by atoms with van der Waals surface area (Å²) in [4.78, 5) is 35.8. The number of carbonyl (C=O) groups is 1. The first-order chi connectivity index (χ1) is 7.11. The maximum Gasteiger partial charge on any atom is 0.335 e. The molecule has 0 spiro atoms. The number of aliphatic hydroxyl groups excluding tert-OH is 1. The molecule has 0 fully saturated rings. The fraction of sp³-hybridized carbons (Fsp3) is 0.125. The molecule has 0 saturated carbocycles. The number of aromatic nitrogens is 2. The Kier molecular flexibility index (Phi) is 3.59. The van der Waals surface area contributed by atoms with E-state index in [1.165, 1.54) is 6.08 Å². The van der Waals surface area contributed by atoms with Gasteiger partial charge in [-0.15, -0.1) is 0 Å². The lowest BCUT2D eigenvalue weighted by atomic mass is 10.3. The van der Waals surface area contributed by atoms with E-state index in [4.69, 9.17) is 16.7 Å². The Bertz CT molecular complexity index is 514. The van der Waals surface area contributed by atoms with E-state index in [9.17, 15) is 14.4 Å². The van der Waals surface area contributed by atoms with Crippen LogP contribution in [0.1, 0.15) is 10.4 Å². The molecule has 6 nitrogen and oxygen atoms in total. The molecule has 0 aliphatic heterocycles. The molecule has 1 heterocycles. The lowest BCUT2D eigenvalue weighted by Crippen LogP contribution is -2.41. The molecule has 1 aromatic rings. The molecule has 0 atom stereocenters. The monoisotopic (exact) mass is 230 g/mol. The first-order valence-electron chi connectivity index (χ1n) is 3.87. The van der Waals surface area contributed by atoms with Crippen LogP contribution in [0.3, 0.4) is 0 Å². The van der Waals surface area contributed by atoms with Gasteiger partial charge in [0.05, 0.1) is 5.56 Å². The number of rotatable bonds is 2. The van der Waals surface area contributed by atoms with Crippen LogP contribution in [0.4, 0.5) is 0 Å². The summed E-state index contributed by atoms with van der Waals surface area (Å²) in [6.45, 7) is -0.920. The van der Waals surface area contributed by atoms with E-state index in [-0.39, 0.29) is 5.56 Å². The summed E-state index contributed by atoms with van der Waals surface area (Å²) in [5.74, 6) is -0.994. The first kappa shape index (κ1) is 11.4. The van der Waals surface area contributed by atoms with Gasteiger partial charge in [0.25, 0.3) is 11.5 Å². The number of hydrogen-bond donors (Lipinski definition) is 2. The molecule has 1 rings (SSSR count). The lowest BCUT2D eigenvalue weighted by Gasteiger charge is -2.00. The van der Waals surface area contributed by atoms with Crippen molar-refractivity contribution in [2.45, 2.75) is 0 Å². The number of nitrogens with one attached hydrogen (secondary N) is 1. The van der Waals surface area contributed by atoms with Crippen molar-refractivity contribution < 1.29 is 9.90 Å². The normalized spacial score (nSPS) is 10.8. The van der Waals surface area contributed by atoms with Gasteiger partial charge in [-0.05, 0) is 6.08 Å². The Hall–Kier alpha value is -1.66. The molecule has 0 aliphatic carbocycles. The van der Waals surface area contributed by atoms with Crippen molar-refractivity contribution in [2.75, 3.05) is 6.61 Å². The third-order valence-electron chi connectivity index (χ3n) is 1.63. The van der Waals surface area contributed by atoms with Gasteiger partial charge in [0.15, 0.2) is 0 Å². The Labute approximate surface area is 88.4 Å². The SMILES string of the molecule is O=C(CO)n1c(=O)[nH]cc(/C=C/Cl)c1=O. The van der Waals surface area contributed by atoms with Gasteiger partial charge in [-0.25, -0.2) is 4.79 Å². The van der Waals surface area contributed by atoms with E-state index < -0.39 is 23.8 Å². The number of hydrogen-bond acceptors (Lipinski definition) is 4. The van der Waals surface area contributed by atoms with Crippen LogP contribution in [0, 0.1) is 0 Å². The van der Waals surface area contributed by atoms with E-state index in [1.807, 2.05) is 0 Å². The highest BCUT2D eigenvalue weighted by molar-refractivity contribution is 6.27. The number of aliphatic hydroxyl groups is 1. The molecule has 7 heteroatoms. The zero-order valence-corrected chi connectivity index (χ0v) is 8.19. The van der Waals surface area contributed by atoms with Crippen LogP contribution in [-0.2, 0) is 0 Å². The van der Waals surface area contributed by atoms with Gasteiger partial charge in [-0.3, -0.25) is 9.59 Å². The minimum atomic E-state index is -0.994. The van der Waals surface area contributed by atoms with Crippen LogP contribution in [0.5, 0.6) is 0 Å². The lowest BCUT2D eigenvalue weighted by molar-refractivity contribution is 0.0808. The Morgan fingerprint density at radius 1 is 1.60 bits per heavy atom. The molecule has 80 valence electrons. The summed E-state index contributed by atoms with van der Waals surface area (Å²) in [6.07, 6.45) is 2.35. The van der Waals surface area contributed by atoms with Gasteiger partial charge in [-0.2, -0.15) is 4.57 Å². The predicted molar refractivity (Wildman–Crippen MR) is 53.9 cm³/mol. The Morgan fingerprint density at radius 2 is 2.27 bits per heavy atom. The number of aromatic amines is 1. The van der Waals surface area contributed by atoms with Crippen LogP contribution in [-0.4, -0.2) is 27.2 Å². The summed E-state index contributed by atoms with van der Waals surface area (Å²) >= 11 is 5.26. The topological polar surface area (TPSA) is 92.2 Å². The highest BCUT2D eigenvalue weighted by atomic mass is 35.5. The molecular formula is C8H7ClN2O4. The molecule has 2 N–H and O–H groups in total. The Morgan fingerprint density at radius 3 is 2.80 bits per heavy atom. The average molecular weight is 231 g/mol. The van der Waals surface area contributed by atoms with Gasteiger partial charge < -0.3 is 10.1 Å². The molecular weight excluding hydrogens is 224 g/mol. The summed E-state index contributed by atoms with van der Waals surface area (Å²) < 4.78 is 0.312. The molecule has 15 heavy (non-hydrogen) atoms. The third kappa shape index (κ3) is 2.23. The summed E-state index contributed by atoms with van der Waals surface area (Å²) in [6, 6.07) is 0. The van der Waals surface area contributed by atoms with E-state index in [0.29, 0.717) is 4.57 Å². The van der Waals surface area contributed by atoms with Crippen LogP contribution in [0.25, 0.3) is 6.08 Å². The van der Waals surface area contributed by atoms with Gasteiger partial charge in [0.2, 0.25) is 0 Å². The zero-order valence-electron chi connectivity index (χ0n) is 7.44. The Balaban J connectivity index is 3.51. The smallest absolute Gasteiger partial charge is 0.335 e. The number of carbonyl (C=O) groups excluding carboxylic acids is 1. The minimum absolute atomic E-state index is 0.0476. The maximum absolute atomic E-state index is 11.5. The van der Waals surface area contributed by atoms with Gasteiger partial charge in [-0.1, -0.05) is 11.6 Å². The highest BCUT2D eigenvalue weighted by Gasteiger charge is 2.11. The number of H-pyrrole nitrogens is 1. The third-order valence-corrected chi connectivity index (χ3v) is 1.76. The molecule has 0 amide bonds. The van der Waals surface area contributed by atoms with E-state index in [0.717, 1.165) is 11.7 Å². The minimum Gasteiger partial charge on any atom is -0.386 e. The quantitative estimate of drug-likeness (QED) is 0.708. The van der Waals surface area contributed by atoms with Crippen molar-refractivity contribution in [3.8, 4) is 0 Å². The molecule has 0 unspecified atom stereocenters. The number of nitrogens with zero attached hydrogens (tertiary/aromatic N) is 1. The fourth-order valence-electron chi connectivity index (χ4n) is 0.972. The molecule has 0 aromatic carbocycles. The first-order valence-corrected chi connectivity index (χ1v) is 4.31. The van der Waals surface area contributed by atoms with Crippen LogP contribution >= 0.6 is 11.6 Å². The van der Waals surface area contributed by atoms with Gasteiger partial charge in [0.1, 0.15) is 6.61 Å². The van der Waals surface area contributed by atoms with Crippen molar-refractivity contribution in [1.82, 2.24) is 9.55 Å². The molecule has 0 bridgehead atoms. The van der Waals surface area contributed by atoms with Gasteiger partial charge >= 0.3 is 5.69 Å². The standard InChI is InChI=1S/C8H7ClN2O4/c9-2-1-5-3-10-8(15)11(7(5)14)6(13)4-12/h1-3,12H,4H2,(H,10,15)/b2-1+. The van der Waals surface area contributed by atoms with Crippen molar-refractivity contribution in [2.24, 2.45) is 0 Å². The molecule has 1 aromatic heterocycles. The van der Waals surface area contributed by atoms with E-state index in [2.05, 4.69) is 4.98 Å². The summed E-state index contributed by atoms with van der Waals surface area (Å²) in [5.41, 5.74) is -0.602. The highest BCUT2D eigenvalue weighted by Crippen LogP contribution is 1.92. The summed E-state index contributed by atoms with van der Waals surface area (Å²) in [5, 5.41) is 8.55. The number of halogens is 1. The van der Waals surface area contributed by atoms with Gasteiger partial charge in [0, 0.05) is 11.7 Å².